The first-order valence-corrected chi connectivity index (χ1v) is 6.36. The van der Waals surface area contributed by atoms with Crippen LogP contribution in [0.1, 0.15) is 51.2 Å². The monoisotopic (exact) mass is 222 g/mol. The van der Waals surface area contributed by atoms with Crippen molar-refractivity contribution in [3.8, 4) is 0 Å². The zero-order valence-corrected chi connectivity index (χ0v) is 11.0. The third-order valence-corrected chi connectivity index (χ3v) is 3.63. The quantitative estimate of drug-likeness (QED) is 0.692. The second-order valence-electron chi connectivity index (χ2n) is 4.43. The normalized spacial score (nSPS) is 14.9. The summed E-state index contributed by atoms with van der Waals surface area (Å²) in [7, 11) is 0. The lowest BCUT2D eigenvalue weighted by molar-refractivity contribution is 0.669. The molecule has 0 heterocycles. The molecule has 0 aromatic heterocycles. The van der Waals surface area contributed by atoms with Crippen molar-refractivity contribution in [2.24, 2.45) is 0 Å². The van der Waals surface area contributed by atoms with Gasteiger partial charge in [0.1, 0.15) is 0 Å². The summed E-state index contributed by atoms with van der Waals surface area (Å²) in [6.07, 6.45) is 4.79. The van der Waals surface area contributed by atoms with Crippen LogP contribution in [0, 0.1) is 0 Å². The van der Waals surface area contributed by atoms with Gasteiger partial charge >= 0.3 is 0 Å². The van der Waals surface area contributed by atoms with Crippen molar-refractivity contribution < 1.29 is 0 Å². The van der Waals surface area contributed by atoms with Crippen molar-refractivity contribution in [3.63, 3.8) is 0 Å². The highest BCUT2D eigenvalue weighted by Gasteiger charge is 2.18. The molecular formula is C14H22S. The van der Waals surface area contributed by atoms with E-state index < -0.39 is 0 Å². The molecule has 1 aromatic rings. The predicted molar refractivity (Wildman–Crippen MR) is 71.7 cm³/mol. The van der Waals surface area contributed by atoms with Crippen molar-refractivity contribution in [2.75, 3.05) is 0 Å². The molecule has 1 rings (SSSR count). The van der Waals surface area contributed by atoms with Gasteiger partial charge in [-0.1, -0.05) is 44.5 Å². The van der Waals surface area contributed by atoms with Gasteiger partial charge in [0.25, 0.3) is 0 Å². The molecule has 0 amide bonds. The maximum absolute atomic E-state index is 4.71. The van der Waals surface area contributed by atoms with Gasteiger partial charge in [0.15, 0.2) is 0 Å². The lowest BCUT2D eigenvalue weighted by Gasteiger charge is -2.22. The Balaban J connectivity index is 2.82. The summed E-state index contributed by atoms with van der Waals surface area (Å²) >= 11 is 4.71. The Labute approximate surface area is 99.5 Å². The highest BCUT2D eigenvalue weighted by atomic mass is 32.1. The number of hydrogen-bond donors (Lipinski definition) is 1. The van der Waals surface area contributed by atoms with Crippen LogP contribution >= 0.6 is 12.6 Å². The molecule has 0 spiro atoms. The van der Waals surface area contributed by atoms with Crippen LogP contribution < -0.4 is 0 Å². The molecule has 0 aliphatic heterocycles. The zero-order chi connectivity index (χ0) is 11.3. The first kappa shape index (κ1) is 12.6. The van der Waals surface area contributed by atoms with Crippen LogP contribution in [-0.2, 0) is 11.2 Å². The van der Waals surface area contributed by atoms with E-state index in [0.717, 1.165) is 6.42 Å². The first-order valence-electron chi connectivity index (χ1n) is 5.92. The van der Waals surface area contributed by atoms with E-state index in [-0.39, 0.29) is 4.75 Å². The Hall–Kier alpha value is -0.430. The summed E-state index contributed by atoms with van der Waals surface area (Å²) in [6.45, 7) is 6.61. The number of benzene rings is 1. The number of rotatable bonds is 5. The minimum Gasteiger partial charge on any atom is -0.168 e. The Kier molecular flexibility index (Phi) is 4.72. The molecule has 1 heteroatoms. The summed E-state index contributed by atoms with van der Waals surface area (Å²) in [5, 5.41) is 0. The van der Waals surface area contributed by atoms with E-state index in [4.69, 9.17) is 12.6 Å². The van der Waals surface area contributed by atoms with Gasteiger partial charge in [-0.25, -0.2) is 0 Å². The van der Waals surface area contributed by atoms with Gasteiger partial charge in [-0.05, 0) is 37.3 Å². The summed E-state index contributed by atoms with van der Waals surface area (Å²) in [5.74, 6) is 0. The molecular weight excluding hydrogens is 200 g/mol. The molecule has 0 radical (unpaired) electrons. The van der Waals surface area contributed by atoms with Crippen molar-refractivity contribution in [3.05, 3.63) is 35.4 Å². The largest absolute Gasteiger partial charge is 0.168 e. The van der Waals surface area contributed by atoms with E-state index in [2.05, 4.69) is 45.0 Å². The molecule has 0 N–H and O–H groups in total. The number of thiol groups is 1. The van der Waals surface area contributed by atoms with Crippen LogP contribution in [0.3, 0.4) is 0 Å². The molecule has 1 atom stereocenters. The molecule has 1 unspecified atom stereocenters. The summed E-state index contributed by atoms with van der Waals surface area (Å²) in [5.41, 5.74) is 2.80. The maximum atomic E-state index is 4.71. The summed E-state index contributed by atoms with van der Waals surface area (Å²) in [6, 6.07) is 8.88. The summed E-state index contributed by atoms with van der Waals surface area (Å²) < 4.78 is 0.0161. The Bertz CT molecular complexity index is 302. The fourth-order valence-corrected chi connectivity index (χ4v) is 1.79. The fraction of sp³-hybridized carbons (Fsp3) is 0.571. The Morgan fingerprint density at radius 1 is 1.27 bits per heavy atom. The van der Waals surface area contributed by atoms with Crippen LogP contribution in [0.4, 0.5) is 0 Å². The van der Waals surface area contributed by atoms with Gasteiger partial charge in [-0.3, -0.25) is 0 Å². The minimum absolute atomic E-state index is 0.0161. The molecule has 0 nitrogen and oxygen atoms in total. The van der Waals surface area contributed by atoms with Crippen LogP contribution in [0.5, 0.6) is 0 Å². The standard InChI is InChI=1S/C14H22S/c1-4-6-8-12-9-7-10-13(11-12)14(3,15)5-2/h7,9-11,15H,4-6,8H2,1-3H3. The molecule has 0 saturated carbocycles. The third-order valence-electron chi connectivity index (χ3n) is 3.06. The third kappa shape index (κ3) is 3.57. The van der Waals surface area contributed by atoms with Crippen molar-refractivity contribution >= 4 is 12.6 Å². The van der Waals surface area contributed by atoms with Gasteiger partial charge in [-0.2, -0.15) is 12.6 Å². The highest BCUT2D eigenvalue weighted by molar-refractivity contribution is 7.81. The van der Waals surface area contributed by atoms with E-state index in [9.17, 15) is 0 Å². The van der Waals surface area contributed by atoms with Crippen LogP contribution in [0.25, 0.3) is 0 Å². The van der Waals surface area contributed by atoms with E-state index in [1.54, 1.807) is 0 Å². The fourth-order valence-electron chi connectivity index (χ4n) is 1.65. The second kappa shape index (κ2) is 5.60. The smallest absolute Gasteiger partial charge is 0.0347 e. The molecule has 0 fully saturated rings. The highest BCUT2D eigenvalue weighted by Crippen LogP contribution is 2.31. The van der Waals surface area contributed by atoms with Gasteiger partial charge in [0.05, 0.1) is 0 Å². The minimum atomic E-state index is 0.0161. The van der Waals surface area contributed by atoms with Gasteiger partial charge < -0.3 is 0 Å². The average molecular weight is 222 g/mol. The van der Waals surface area contributed by atoms with Crippen LogP contribution in [0.2, 0.25) is 0 Å². The van der Waals surface area contributed by atoms with Crippen molar-refractivity contribution in [2.45, 2.75) is 51.2 Å². The van der Waals surface area contributed by atoms with Crippen molar-refractivity contribution in [1.29, 1.82) is 0 Å². The second-order valence-corrected chi connectivity index (χ2v) is 5.42. The van der Waals surface area contributed by atoms with Gasteiger partial charge in [-0.15, -0.1) is 0 Å². The predicted octanol–water partition coefficient (Wildman–Crippen LogP) is 4.58. The topological polar surface area (TPSA) is 0 Å². The number of aryl methyl sites for hydroxylation is 1. The van der Waals surface area contributed by atoms with E-state index in [0.29, 0.717) is 0 Å². The maximum Gasteiger partial charge on any atom is 0.0347 e. The van der Waals surface area contributed by atoms with Crippen LogP contribution in [-0.4, -0.2) is 0 Å². The first-order chi connectivity index (χ1) is 7.10. The van der Waals surface area contributed by atoms with Gasteiger partial charge in [0.2, 0.25) is 0 Å². The van der Waals surface area contributed by atoms with E-state index in [1.807, 2.05) is 0 Å². The molecule has 84 valence electrons. The summed E-state index contributed by atoms with van der Waals surface area (Å²) in [4.78, 5) is 0. The van der Waals surface area contributed by atoms with Gasteiger partial charge in [0, 0.05) is 4.75 Å². The molecule has 0 aliphatic carbocycles. The van der Waals surface area contributed by atoms with Crippen molar-refractivity contribution in [1.82, 2.24) is 0 Å². The Morgan fingerprint density at radius 2 is 2.00 bits per heavy atom. The lowest BCUT2D eigenvalue weighted by atomic mass is 9.94. The molecule has 15 heavy (non-hydrogen) atoms. The number of unbranched alkanes of at least 4 members (excludes halogenated alkanes) is 1. The number of hydrogen-bond acceptors (Lipinski definition) is 1. The Morgan fingerprint density at radius 3 is 2.60 bits per heavy atom. The lowest BCUT2D eigenvalue weighted by Crippen LogP contribution is -2.12. The van der Waals surface area contributed by atoms with E-state index >= 15 is 0 Å². The molecule has 1 aromatic carbocycles. The average Bonchev–Trinajstić information content (AvgIpc) is 2.27. The zero-order valence-electron chi connectivity index (χ0n) is 10.1. The van der Waals surface area contributed by atoms with E-state index in [1.165, 1.54) is 30.4 Å². The molecule has 0 bridgehead atoms. The molecule has 0 saturated heterocycles. The van der Waals surface area contributed by atoms with Crippen LogP contribution in [0.15, 0.2) is 24.3 Å². The molecule has 0 aliphatic rings. The SMILES string of the molecule is CCCCc1cccc(C(C)(S)CC)c1.